The van der Waals surface area contributed by atoms with Crippen LogP contribution in [0.3, 0.4) is 0 Å². The lowest BCUT2D eigenvalue weighted by atomic mass is 10.2. The molecule has 2 aromatic heterocycles. The highest BCUT2D eigenvalue weighted by molar-refractivity contribution is 9.11. The second-order valence-electron chi connectivity index (χ2n) is 4.14. The largest absolute Gasteiger partial charge is 0.398 e. The zero-order chi connectivity index (χ0) is 15.0. The summed E-state index contributed by atoms with van der Waals surface area (Å²) in [6, 6.07) is 5.77. The minimum absolute atomic E-state index is 0.138. The van der Waals surface area contributed by atoms with Crippen LogP contribution < -0.4 is 5.73 Å². The third-order valence-electron chi connectivity index (χ3n) is 2.69. The standard InChI is InChI=1S/C13H7Br2FN4O/c14-6-3-9(15)11(18-5-6)12-19-13(21-20-12)8-4-7(16)1-2-10(8)17/h1-5H,17H2. The van der Waals surface area contributed by atoms with Crippen molar-refractivity contribution in [3.8, 4) is 23.0 Å². The number of hydrogen-bond acceptors (Lipinski definition) is 5. The number of nitrogens with two attached hydrogens (primary N) is 1. The smallest absolute Gasteiger partial charge is 0.260 e. The van der Waals surface area contributed by atoms with E-state index in [0.717, 1.165) is 4.47 Å². The van der Waals surface area contributed by atoms with Gasteiger partial charge < -0.3 is 10.3 Å². The van der Waals surface area contributed by atoms with Crippen LogP contribution in [0.25, 0.3) is 23.0 Å². The molecule has 0 saturated carbocycles. The molecule has 0 aliphatic heterocycles. The summed E-state index contributed by atoms with van der Waals surface area (Å²) in [6.07, 6.45) is 1.62. The lowest BCUT2D eigenvalue weighted by molar-refractivity contribution is 0.432. The number of nitrogens with zero attached hydrogens (tertiary/aromatic N) is 3. The van der Waals surface area contributed by atoms with Gasteiger partial charge in [-0.05, 0) is 56.1 Å². The van der Waals surface area contributed by atoms with Crippen LogP contribution in [-0.2, 0) is 0 Å². The Morgan fingerprint density at radius 2 is 2.00 bits per heavy atom. The van der Waals surface area contributed by atoms with Gasteiger partial charge in [0.1, 0.15) is 11.5 Å². The number of halogens is 3. The van der Waals surface area contributed by atoms with Crippen LogP contribution in [0.2, 0.25) is 0 Å². The highest BCUT2D eigenvalue weighted by Crippen LogP contribution is 2.30. The van der Waals surface area contributed by atoms with Gasteiger partial charge >= 0.3 is 0 Å². The summed E-state index contributed by atoms with van der Waals surface area (Å²) < 4.78 is 20.0. The molecular formula is C13H7Br2FN4O. The fourth-order valence-corrected chi connectivity index (χ4v) is 2.89. The second-order valence-corrected chi connectivity index (χ2v) is 5.91. The Labute approximate surface area is 135 Å². The average molecular weight is 414 g/mol. The summed E-state index contributed by atoms with van der Waals surface area (Å²) in [6.45, 7) is 0. The molecule has 21 heavy (non-hydrogen) atoms. The predicted molar refractivity (Wildman–Crippen MR) is 82.7 cm³/mol. The Morgan fingerprint density at radius 1 is 1.19 bits per heavy atom. The number of hydrogen-bond donors (Lipinski definition) is 1. The Morgan fingerprint density at radius 3 is 2.76 bits per heavy atom. The zero-order valence-corrected chi connectivity index (χ0v) is 13.5. The molecule has 2 N–H and O–H groups in total. The van der Waals surface area contributed by atoms with Crippen LogP contribution in [0.5, 0.6) is 0 Å². The number of pyridine rings is 1. The van der Waals surface area contributed by atoms with E-state index in [1.165, 1.54) is 18.2 Å². The van der Waals surface area contributed by atoms with Crippen LogP contribution >= 0.6 is 31.9 Å². The Balaban J connectivity index is 2.06. The fourth-order valence-electron chi connectivity index (χ4n) is 1.72. The van der Waals surface area contributed by atoms with E-state index in [-0.39, 0.29) is 11.7 Å². The van der Waals surface area contributed by atoms with Crippen molar-refractivity contribution < 1.29 is 8.91 Å². The molecule has 3 rings (SSSR count). The molecule has 0 saturated heterocycles. The summed E-state index contributed by atoms with van der Waals surface area (Å²) in [7, 11) is 0. The molecule has 5 nitrogen and oxygen atoms in total. The van der Waals surface area contributed by atoms with E-state index in [1.54, 1.807) is 6.20 Å². The lowest BCUT2D eigenvalue weighted by Gasteiger charge is -2.00. The van der Waals surface area contributed by atoms with Gasteiger partial charge in [-0.2, -0.15) is 4.98 Å². The van der Waals surface area contributed by atoms with Gasteiger partial charge in [-0.1, -0.05) is 5.16 Å². The molecule has 0 aliphatic carbocycles. The molecule has 0 radical (unpaired) electrons. The molecule has 0 amide bonds. The van der Waals surface area contributed by atoms with E-state index in [0.29, 0.717) is 21.4 Å². The molecule has 106 valence electrons. The van der Waals surface area contributed by atoms with E-state index in [1.807, 2.05) is 6.07 Å². The molecule has 3 aromatic rings. The first-order chi connectivity index (χ1) is 10.0. The van der Waals surface area contributed by atoms with Crippen LogP contribution in [0.1, 0.15) is 0 Å². The molecule has 8 heteroatoms. The zero-order valence-electron chi connectivity index (χ0n) is 10.3. The number of anilines is 1. The van der Waals surface area contributed by atoms with Crippen molar-refractivity contribution >= 4 is 37.5 Å². The Kier molecular flexibility index (Phi) is 3.73. The first kappa shape index (κ1) is 14.2. The average Bonchev–Trinajstić information content (AvgIpc) is 2.91. The third kappa shape index (κ3) is 2.81. The molecule has 0 spiro atoms. The lowest BCUT2D eigenvalue weighted by Crippen LogP contribution is -1.92. The van der Waals surface area contributed by atoms with E-state index in [2.05, 4.69) is 47.0 Å². The summed E-state index contributed by atoms with van der Waals surface area (Å²) >= 11 is 6.69. The summed E-state index contributed by atoms with van der Waals surface area (Å²) in [5.74, 6) is -0.00597. The minimum atomic E-state index is -0.429. The number of nitrogen functional groups attached to an aromatic ring is 1. The van der Waals surface area contributed by atoms with Crippen molar-refractivity contribution in [3.63, 3.8) is 0 Å². The third-order valence-corrected chi connectivity index (χ3v) is 3.73. The fraction of sp³-hybridized carbons (Fsp3) is 0. The van der Waals surface area contributed by atoms with Gasteiger partial charge in [-0.25, -0.2) is 4.39 Å². The molecule has 1 aromatic carbocycles. The van der Waals surface area contributed by atoms with Gasteiger partial charge in [0, 0.05) is 20.8 Å². The normalized spacial score (nSPS) is 10.8. The maximum Gasteiger partial charge on any atom is 0.260 e. The number of rotatable bonds is 2. The van der Waals surface area contributed by atoms with Gasteiger partial charge in [0.2, 0.25) is 5.82 Å². The molecule has 2 heterocycles. The van der Waals surface area contributed by atoms with E-state index in [9.17, 15) is 4.39 Å². The highest BCUT2D eigenvalue weighted by atomic mass is 79.9. The predicted octanol–water partition coefficient (Wildman–Crippen LogP) is 4.04. The number of benzene rings is 1. The maximum atomic E-state index is 13.3. The van der Waals surface area contributed by atoms with Gasteiger partial charge in [0.05, 0.1) is 5.56 Å². The maximum absolute atomic E-state index is 13.3. The van der Waals surface area contributed by atoms with Gasteiger partial charge in [0.15, 0.2) is 0 Å². The summed E-state index contributed by atoms with van der Waals surface area (Å²) in [5, 5.41) is 3.85. The first-order valence-corrected chi connectivity index (χ1v) is 7.34. The first-order valence-electron chi connectivity index (χ1n) is 5.75. The van der Waals surface area contributed by atoms with Crippen LogP contribution in [0.15, 0.2) is 43.9 Å². The second kappa shape index (κ2) is 5.53. The SMILES string of the molecule is Nc1ccc(F)cc1-c1nc(-c2ncc(Br)cc2Br)no1. The monoisotopic (exact) mass is 412 g/mol. The topological polar surface area (TPSA) is 77.8 Å². The minimum Gasteiger partial charge on any atom is -0.398 e. The summed E-state index contributed by atoms with van der Waals surface area (Å²) in [5.41, 5.74) is 7.02. The van der Waals surface area contributed by atoms with Crippen LogP contribution in [0, 0.1) is 5.82 Å². The van der Waals surface area contributed by atoms with Crippen molar-refractivity contribution in [2.45, 2.75) is 0 Å². The van der Waals surface area contributed by atoms with Gasteiger partial charge in [0.25, 0.3) is 5.89 Å². The number of aromatic nitrogens is 3. The Hall–Kier alpha value is -1.80. The molecule has 0 aliphatic rings. The van der Waals surface area contributed by atoms with Crippen molar-refractivity contribution in [2.75, 3.05) is 5.73 Å². The van der Waals surface area contributed by atoms with Crippen molar-refractivity contribution in [3.05, 3.63) is 45.2 Å². The summed E-state index contributed by atoms with van der Waals surface area (Å²) in [4.78, 5) is 8.42. The van der Waals surface area contributed by atoms with Crippen LogP contribution in [0.4, 0.5) is 10.1 Å². The van der Waals surface area contributed by atoms with E-state index >= 15 is 0 Å². The van der Waals surface area contributed by atoms with E-state index in [4.69, 9.17) is 10.3 Å². The molecular weight excluding hydrogens is 407 g/mol. The molecule has 0 fully saturated rings. The van der Waals surface area contributed by atoms with Crippen molar-refractivity contribution in [1.82, 2.24) is 15.1 Å². The van der Waals surface area contributed by atoms with Crippen LogP contribution in [-0.4, -0.2) is 15.1 Å². The van der Waals surface area contributed by atoms with Crippen molar-refractivity contribution in [1.29, 1.82) is 0 Å². The quantitative estimate of drug-likeness (QED) is 0.641. The van der Waals surface area contributed by atoms with E-state index < -0.39 is 5.82 Å². The highest BCUT2D eigenvalue weighted by Gasteiger charge is 2.16. The van der Waals surface area contributed by atoms with Gasteiger partial charge in [-0.3, -0.25) is 4.98 Å². The molecule has 0 bridgehead atoms. The van der Waals surface area contributed by atoms with Crippen molar-refractivity contribution in [2.24, 2.45) is 0 Å². The van der Waals surface area contributed by atoms with Gasteiger partial charge in [-0.15, -0.1) is 0 Å². The molecule has 0 atom stereocenters. The Bertz CT molecular complexity index is 822. The molecule has 0 unspecified atom stereocenters.